The van der Waals surface area contributed by atoms with Crippen molar-refractivity contribution >= 4 is 23.2 Å². The largest absolute Gasteiger partial charge is 0.339 e. The second kappa shape index (κ2) is 6.83. The molecule has 6 heteroatoms. The van der Waals surface area contributed by atoms with Gasteiger partial charge in [0.1, 0.15) is 0 Å². The molecule has 0 bridgehead atoms. The number of carbonyl (C=O) groups excluding carboxylic acids is 2. The first kappa shape index (κ1) is 15.0. The Morgan fingerprint density at radius 1 is 1.20 bits per heavy atom. The van der Waals surface area contributed by atoms with E-state index in [1.54, 1.807) is 11.3 Å². The minimum atomic E-state index is 0.166. The summed E-state index contributed by atoms with van der Waals surface area (Å²) in [5, 5.41) is 3.06. The summed E-state index contributed by atoms with van der Waals surface area (Å²) >= 11 is 1.62. The molecular formula is C14H21N3O2S. The molecule has 0 saturated carbocycles. The predicted molar refractivity (Wildman–Crippen MR) is 78.6 cm³/mol. The number of thiazole rings is 1. The van der Waals surface area contributed by atoms with Crippen LogP contribution in [0.15, 0.2) is 5.38 Å². The van der Waals surface area contributed by atoms with Crippen molar-refractivity contribution in [3.8, 4) is 0 Å². The van der Waals surface area contributed by atoms with Gasteiger partial charge in [0.25, 0.3) is 0 Å². The van der Waals surface area contributed by atoms with E-state index in [0.717, 1.165) is 10.7 Å². The van der Waals surface area contributed by atoms with E-state index in [9.17, 15) is 9.59 Å². The standard InChI is InChI=1S/C14H21N3O2S/c1-3-13(18)16-6-8-17(9-7-16)14(19)5-4-12-10-20-11(2)15-12/h10H,3-9H2,1-2H3. The van der Waals surface area contributed by atoms with E-state index in [-0.39, 0.29) is 11.8 Å². The smallest absolute Gasteiger partial charge is 0.223 e. The van der Waals surface area contributed by atoms with Crippen molar-refractivity contribution < 1.29 is 9.59 Å². The van der Waals surface area contributed by atoms with Crippen LogP contribution in [0.4, 0.5) is 0 Å². The molecule has 1 aliphatic heterocycles. The van der Waals surface area contributed by atoms with E-state index >= 15 is 0 Å². The van der Waals surface area contributed by atoms with Crippen LogP contribution in [0.3, 0.4) is 0 Å². The molecule has 1 saturated heterocycles. The normalized spacial score (nSPS) is 15.5. The molecule has 0 aliphatic carbocycles. The summed E-state index contributed by atoms with van der Waals surface area (Å²) in [5.41, 5.74) is 1.00. The minimum absolute atomic E-state index is 0.166. The number of rotatable bonds is 4. The molecule has 2 amide bonds. The molecule has 110 valence electrons. The number of carbonyl (C=O) groups is 2. The van der Waals surface area contributed by atoms with Gasteiger partial charge in [0.05, 0.1) is 10.7 Å². The predicted octanol–water partition coefficient (Wildman–Crippen LogP) is 1.46. The Morgan fingerprint density at radius 3 is 2.30 bits per heavy atom. The quantitative estimate of drug-likeness (QED) is 0.845. The van der Waals surface area contributed by atoms with E-state index in [2.05, 4.69) is 4.98 Å². The summed E-state index contributed by atoms with van der Waals surface area (Å²) < 4.78 is 0. The first-order valence-corrected chi connectivity index (χ1v) is 7.94. The fourth-order valence-corrected chi connectivity index (χ4v) is 2.99. The maximum absolute atomic E-state index is 12.1. The molecule has 0 radical (unpaired) electrons. The van der Waals surface area contributed by atoms with Crippen LogP contribution in [0.1, 0.15) is 30.5 Å². The Balaban J connectivity index is 1.76. The molecule has 0 unspecified atom stereocenters. The molecule has 20 heavy (non-hydrogen) atoms. The number of aromatic nitrogens is 1. The minimum Gasteiger partial charge on any atom is -0.339 e. The zero-order chi connectivity index (χ0) is 14.5. The molecule has 0 N–H and O–H groups in total. The summed E-state index contributed by atoms with van der Waals surface area (Å²) in [6, 6.07) is 0. The summed E-state index contributed by atoms with van der Waals surface area (Å²) in [6.07, 6.45) is 1.75. The number of piperazine rings is 1. The molecule has 1 fully saturated rings. The van der Waals surface area contributed by atoms with E-state index in [1.807, 2.05) is 29.0 Å². The highest BCUT2D eigenvalue weighted by molar-refractivity contribution is 7.09. The van der Waals surface area contributed by atoms with Gasteiger partial charge >= 0.3 is 0 Å². The topological polar surface area (TPSA) is 53.5 Å². The fraction of sp³-hybridized carbons (Fsp3) is 0.643. The lowest BCUT2D eigenvalue weighted by Crippen LogP contribution is -2.50. The van der Waals surface area contributed by atoms with Gasteiger partial charge < -0.3 is 9.80 Å². The van der Waals surface area contributed by atoms with Crippen molar-refractivity contribution in [3.63, 3.8) is 0 Å². The third-order valence-electron chi connectivity index (χ3n) is 3.55. The monoisotopic (exact) mass is 295 g/mol. The van der Waals surface area contributed by atoms with Crippen LogP contribution in [0, 0.1) is 6.92 Å². The Kier molecular flexibility index (Phi) is 5.11. The number of hydrogen-bond acceptors (Lipinski definition) is 4. The van der Waals surface area contributed by atoms with Gasteiger partial charge in [-0.2, -0.15) is 0 Å². The van der Waals surface area contributed by atoms with Gasteiger partial charge in [0.2, 0.25) is 11.8 Å². The van der Waals surface area contributed by atoms with Gasteiger partial charge in [-0.15, -0.1) is 11.3 Å². The summed E-state index contributed by atoms with van der Waals surface area (Å²) in [6.45, 7) is 6.47. The highest BCUT2D eigenvalue weighted by Gasteiger charge is 2.22. The van der Waals surface area contributed by atoms with Gasteiger partial charge in [-0.05, 0) is 13.3 Å². The fourth-order valence-electron chi connectivity index (χ4n) is 2.35. The van der Waals surface area contributed by atoms with E-state index in [1.165, 1.54) is 0 Å². The Hall–Kier alpha value is -1.43. The van der Waals surface area contributed by atoms with Gasteiger partial charge in [-0.25, -0.2) is 4.98 Å². The van der Waals surface area contributed by atoms with E-state index < -0.39 is 0 Å². The van der Waals surface area contributed by atoms with Crippen molar-refractivity contribution in [2.75, 3.05) is 26.2 Å². The van der Waals surface area contributed by atoms with Gasteiger partial charge in [-0.3, -0.25) is 9.59 Å². The molecule has 5 nitrogen and oxygen atoms in total. The van der Waals surface area contributed by atoms with Crippen LogP contribution < -0.4 is 0 Å². The highest BCUT2D eigenvalue weighted by atomic mass is 32.1. The van der Waals surface area contributed by atoms with Gasteiger partial charge in [0, 0.05) is 44.4 Å². The number of aryl methyl sites for hydroxylation is 2. The van der Waals surface area contributed by atoms with Crippen molar-refractivity contribution in [1.29, 1.82) is 0 Å². The summed E-state index contributed by atoms with van der Waals surface area (Å²) in [7, 11) is 0. The van der Waals surface area contributed by atoms with Crippen molar-refractivity contribution in [2.24, 2.45) is 0 Å². The Bertz CT molecular complexity index is 479. The first-order valence-electron chi connectivity index (χ1n) is 7.06. The Labute approximate surface area is 123 Å². The lowest BCUT2D eigenvalue weighted by molar-refractivity contribution is -0.139. The maximum Gasteiger partial charge on any atom is 0.223 e. The number of nitrogens with zero attached hydrogens (tertiary/aromatic N) is 3. The number of amides is 2. The summed E-state index contributed by atoms with van der Waals surface area (Å²) in [5.74, 6) is 0.342. The zero-order valence-corrected chi connectivity index (χ0v) is 12.9. The molecule has 2 heterocycles. The van der Waals surface area contributed by atoms with Crippen LogP contribution >= 0.6 is 11.3 Å². The van der Waals surface area contributed by atoms with Crippen molar-refractivity contribution in [1.82, 2.24) is 14.8 Å². The third kappa shape index (κ3) is 3.79. The van der Waals surface area contributed by atoms with Crippen LogP contribution in [-0.2, 0) is 16.0 Å². The van der Waals surface area contributed by atoms with Crippen molar-refractivity contribution in [2.45, 2.75) is 33.1 Å². The van der Waals surface area contributed by atoms with Crippen LogP contribution in [0.5, 0.6) is 0 Å². The van der Waals surface area contributed by atoms with Crippen LogP contribution in [0.25, 0.3) is 0 Å². The third-order valence-corrected chi connectivity index (χ3v) is 4.37. The molecular weight excluding hydrogens is 274 g/mol. The average molecular weight is 295 g/mol. The van der Waals surface area contributed by atoms with Crippen LogP contribution in [-0.4, -0.2) is 52.8 Å². The molecule has 1 aliphatic rings. The molecule has 0 aromatic carbocycles. The van der Waals surface area contributed by atoms with Crippen LogP contribution in [0.2, 0.25) is 0 Å². The SMILES string of the molecule is CCC(=O)N1CCN(C(=O)CCc2csc(C)n2)CC1. The first-order chi connectivity index (χ1) is 9.60. The number of hydrogen-bond donors (Lipinski definition) is 0. The average Bonchev–Trinajstić information content (AvgIpc) is 2.89. The highest BCUT2D eigenvalue weighted by Crippen LogP contribution is 2.11. The lowest BCUT2D eigenvalue weighted by Gasteiger charge is -2.34. The van der Waals surface area contributed by atoms with Gasteiger partial charge in [0.15, 0.2) is 0 Å². The summed E-state index contributed by atoms with van der Waals surface area (Å²) in [4.78, 5) is 31.8. The van der Waals surface area contributed by atoms with Crippen molar-refractivity contribution in [3.05, 3.63) is 16.1 Å². The van der Waals surface area contributed by atoms with Gasteiger partial charge in [-0.1, -0.05) is 6.92 Å². The Morgan fingerprint density at radius 2 is 1.80 bits per heavy atom. The second-order valence-corrected chi connectivity index (χ2v) is 6.04. The van der Waals surface area contributed by atoms with E-state index in [0.29, 0.717) is 45.4 Å². The molecule has 0 atom stereocenters. The molecule has 1 aromatic heterocycles. The maximum atomic E-state index is 12.1. The van der Waals surface area contributed by atoms with E-state index in [4.69, 9.17) is 0 Å². The molecule has 1 aromatic rings. The zero-order valence-electron chi connectivity index (χ0n) is 12.1. The molecule has 0 spiro atoms. The lowest BCUT2D eigenvalue weighted by atomic mass is 10.2. The second-order valence-electron chi connectivity index (χ2n) is 4.97. The molecule has 2 rings (SSSR count).